The van der Waals surface area contributed by atoms with Crippen LogP contribution in [0.15, 0.2) is 188 Å². The van der Waals surface area contributed by atoms with Crippen LogP contribution in [0.2, 0.25) is 0 Å². The molecule has 0 fully saturated rings. The van der Waals surface area contributed by atoms with Crippen LogP contribution in [0, 0.1) is 0 Å². The van der Waals surface area contributed by atoms with Crippen molar-refractivity contribution in [1.82, 2.24) is 0 Å². The van der Waals surface area contributed by atoms with Crippen molar-refractivity contribution in [3.63, 3.8) is 0 Å². The molecule has 0 aliphatic rings. The lowest BCUT2D eigenvalue weighted by Gasteiger charge is -2.31. The first-order valence-electron chi connectivity index (χ1n) is 15.5. The van der Waals surface area contributed by atoms with Crippen molar-refractivity contribution >= 4 is 38.6 Å². The first kappa shape index (κ1) is 26.7. The molecule has 8 aromatic rings. The van der Waals surface area contributed by atoms with Gasteiger partial charge in [-0.05, 0) is 68.2 Å². The van der Waals surface area contributed by atoms with Gasteiger partial charge in [0.2, 0.25) is 0 Å². The van der Waals surface area contributed by atoms with Crippen LogP contribution in [-0.2, 0) is 0 Å². The third-order valence-corrected chi connectivity index (χ3v) is 8.61. The molecule has 1 nitrogen and oxygen atoms in total. The fraction of sp³-hybridized carbons (Fsp3) is 0. The molecule has 0 aliphatic heterocycles. The van der Waals surface area contributed by atoms with Crippen LogP contribution in [0.5, 0.6) is 0 Å². The van der Waals surface area contributed by atoms with Gasteiger partial charge in [0.05, 0.1) is 5.69 Å². The van der Waals surface area contributed by atoms with Gasteiger partial charge in [0.1, 0.15) is 0 Å². The van der Waals surface area contributed by atoms with Crippen LogP contribution in [0.4, 0.5) is 17.1 Å². The Morgan fingerprint density at radius 2 is 0.644 bits per heavy atom. The minimum Gasteiger partial charge on any atom is -0.309 e. The molecule has 0 saturated heterocycles. The van der Waals surface area contributed by atoms with E-state index in [1.54, 1.807) is 0 Å². The lowest BCUT2D eigenvalue weighted by Crippen LogP contribution is -2.12. The summed E-state index contributed by atoms with van der Waals surface area (Å²) in [7, 11) is 0. The van der Waals surface area contributed by atoms with Gasteiger partial charge < -0.3 is 4.90 Å². The van der Waals surface area contributed by atoms with Gasteiger partial charge in [0.25, 0.3) is 0 Å². The monoisotopic (exact) mass is 573 g/mol. The highest BCUT2D eigenvalue weighted by atomic mass is 15.1. The highest BCUT2D eigenvalue weighted by Gasteiger charge is 2.24. The Morgan fingerprint density at radius 3 is 1.16 bits per heavy atom. The minimum atomic E-state index is 1.11. The zero-order valence-electron chi connectivity index (χ0n) is 24.8. The normalized spacial score (nSPS) is 11.1. The molecule has 212 valence electrons. The number of fused-ring (bicyclic) bond motifs is 3. The average Bonchev–Trinajstić information content (AvgIpc) is 3.13. The van der Waals surface area contributed by atoms with Crippen LogP contribution >= 0.6 is 0 Å². The van der Waals surface area contributed by atoms with Crippen molar-refractivity contribution in [2.75, 3.05) is 4.90 Å². The van der Waals surface area contributed by atoms with Crippen LogP contribution in [0.3, 0.4) is 0 Å². The predicted octanol–water partition coefficient (Wildman–Crippen LogP) is 12.5. The fourth-order valence-electron chi connectivity index (χ4n) is 6.57. The number of benzene rings is 8. The van der Waals surface area contributed by atoms with E-state index in [2.05, 4.69) is 193 Å². The Morgan fingerprint density at radius 1 is 0.267 bits per heavy atom. The molecule has 8 rings (SSSR count). The zero-order chi connectivity index (χ0) is 30.0. The first-order chi connectivity index (χ1) is 22.3. The summed E-state index contributed by atoms with van der Waals surface area (Å²) >= 11 is 0. The largest absolute Gasteiger partial charge is 0.309 e. The van der Waals surface area contributed by atoms with E-state index < -0.39 is 0 Å². The van der Waals surface area contributed by atoms with E-state index in [9.17, 15) is 0 Å². The minimum absolute atomic E-state index is 1.11. The lowest BCUT2D eigenvalue weighted by molar-refractivity contribution is 1.30. The lowest BCUT2D eigenvalue weighted by atomic mass is 9.89. The summed E-state index contributed by atoms with van der Waals surface area (Å²) in [5.74, 6) is 0. The third kappa shape index (κ3) is 4.95. The second-order valence-corrected chi connectivity index (χ2v) is 11.3. The van der Waals surface area contributed by atoms with Crippen molar-refractivity contribution < 1.29 is 0 Å². The van der Waals surface area contributed by atoms with Gasteiger partial charge in [-0.1, -0.05) is 164 Å². The quantitative estimate of drug-likeness (QED) is 0.179. The SMILES string of the molecule is c1ccc(-c2cccc(N(c3cccc(-c4ccccc4)c3)c3c(-c4ccccc4)c4ccccc4c4ccccc34)c2)cc1. The number of nitrogens with zero attached hydrogens (tertiary/aromatic N) is 1. The number of anilines is 3. The summed E-state index contributed by atoms with van der Waals surface area (Å²) in [6, 6.07) is 67.7. The number of rotatable bonds is 6. The van der Waals surface area contributed by atoms with E-state index in [0.717, 1.165) is 11.4 Å². The smallest absolute Gasteiger partial charge is 0.0624 e. The Kier molecular flexibility index (Phi) is 6.90. The molecule has 0 aromatic heterocycles. The topological polar surface area (TPSA) is 3.24 Å². The molecule has 8 aromatic carbocycles. The van der Waals surface area contributed by atoms with Crippen LogP contribution in [0.1, 0.15) is 0 Å². The molecule has 1 heteroatoms. The molecule has 0 heterocycles. The number of hydrogen-bond donors (Lipinski definition) is 0. The van der Waals surface area contributed by atoms with Gasteiger partial charge in [-0.25, -0.2) is 0 Å². The van der Waals surface area contributed by atoms with Gasteiger partial charge in [-0.15, -0.1) is 0 Å². The van der Waals surface area contributed by atoms with E-state index in [1.807, 2.05) is 0 Å². The molecule has 0 amide bonds. The van der Waals surface area contributed by atoms with Crippen molar-refractivity contribution in [2.24, 2.45) is 0 Å². The van der Waals surface area contributed by atoms with E-state index in [0.29, 0.717) is 0 Å². The van der Waals surface area contributed by atoms with Gasteiger partial charge >= 0.3 is 0 Å². The molecule has 0 unspecified atom stereocenters. The van der Waals surface area contributed by atoms with Gasteiger partial charge in [-0.2, -0.15) is 0 Å². The average molecular weight is 574 g/mol. The molecular formula is C44H31N. The third-order valence-electron chi connectivity index (χ3n) is 8.61. The van der Waals surface area contributed by atoms with Gasteiger partial charge in [-0.3, -0.25) is 0 Å². The van der Waals surface area contributed by atoms with E-state index in [4.69, 9.17) is 0 Å². The Bertz CT molecular complexity index is 2170. The van der Waals surface area contributed by atoms with Crippen LogP contribution in [0.25, 0.3) is 54.9 Å². The summed E-state index contributed by atoms with van der Waals surface area (Å²) in [5, 5.41) is 4.95. The molecule has 45 heavy (non-hydrogen) atoms. The van der Waals surface area contributed by atoms with Gasteiger partial charge in [0.15, 0.2) is 0 Å². The van der Waals surface area contributed by atoms with E-state index in [1.165, 1.54) is 60.6 Å². The molecule has 0 saturated carbocycles. The van der Waals surface area contributed by atoms with Gasteiger partial charge in [0, 0.05) is 22.3 Å². The molecular weight excluding hydrogens is 542 g/mol. The maximum Gasteiger partial charge on any atom is 0.0624 e. The standard InChI is InChI=1S/C44H31N/c1-4-16-32(17-5-1)35-22-14-24-37(30-35)45(38-25-15-23-36(31-38)33-18-6-2-7-19-33)44-42-29-13-11-27-40(42)39-26-10-12-28-41(39)43(44)34-20-8-3-9-21-34/h1-31H. The Labute approximate surface area is 264 Å². The van der Waals surface area contributed by atoms with Crippen molar-refractivity contribution in [1.29, 1.82) is 0 Å². The highest BCUT2D eigenvalue weighted by molar-refractivity contribution is 6.22. The molecule has 0 spiro atoms. The summed E-state index contributed by atoms with van der Waals surface area (Å²) in [5.41, 5.74) is 10.6. The zero-order valence-corrected chi connectivity index (χ0v) is 24.8. The Hall–Kier alpha value is -5.92. The molecule has 0 radical (unpaired) electrons. The molecule has 0 N–H and O–H groups in total. The summed E-state index contributed by atoms with van der Waals surface area (Å²) in [6.07, 6.45) is 0. The molecule has 0 bridgehead atoms. The molecule has 0 atom stereocenters. The highest BCUT2D eigenvalue weighted by Crippen LogP contribution is 2.50. The number of hydrogen-bond acceptors (Lipinski definition) is 1. The summed E-state index contributed by atoms with van der Waals surface area (Å²) in [6.45, 7) is 0. The predicted molar refractivity (Wildman–Crippen MR) is 192 cm³/mol. The van der Waals surface area contributed by atoms with Crippen molar-refractivity contribution in [3.8, 4) is 33.4 Å². The fourth-order valence-corrected chi connectivity index (χ4v) is 6.57. The maximum absolute atomic E-state index is 2.47. The summed E-state index contributed by atoms with van der Waals surface area (Å²) < 4.78 is 0. The first-order valence-corrected chi connectivity index (χ1v) is 15.5. The second kappa shape index (κ2) is 11.6. The second-order valence-electron chi connectivity index (χ2n) is 11.3. The van der Waals surface area contributed by atoms with Crippen LogP contribution in [-0.4, -0.2) is 0 Å². The Balaban J connectivity index is 1.49. The maximum atomic E-state index is 2.47. The van der Waals surface area contributed by atoms with Crippen molar-refractivity contribution in [3.05, 3.63) is 188 Å². The van der Waals surface area contributed by atoms with E-state index in [-0.39, 0.29) is 0 Å². The van der Waals surface area contributed by atoms with Crippen molar-refractivity contribution in [2.45, 2.75) is 0 Å². The van der Waals surface area contributed by atoms with E-state index >= 15 is 0 Å². The summed E-state index contributed by atoms with van der Waals surface area (Å²) in [4.78, 5) is 2.47. The molecule has 0 aliphatic carbocycles. The van der Waals surface area contributed by atoms with Crippen LogP contribution < -0.4 is 4.90 Å².